The molecule has 1 aliphatic heterocycles. The Morgan fingerprint density at radius 3 is 2.67 bits per heavy atom. The van der Waals surface area contributed by atoms with E-state index < -0.39 is 0 Å². The molecule has 21 heavy (non-hydrogen) atoms. The smallest absolute Gasteiger partial charge is 0.127 e. The second-order valence-corrected chi connectivity index (χ2v) is 6.20. The summed E-state index contributed by atoms with van der Waals surface area (Å²) >= 11 is 0. The number of para-hydroxylation sites is 2. The third-order valence-corrected chi connectivity index (χ3v) is 4.61. The molecular formula is C17H26N4. The number of fused-ring (bicyclic) bond motifs is 1. The summed E-state index contributed by atoms with van der Waals surface area (Å²) in [4.78, 5) is 7.27. The van der Waals surface area contributed by atoms with Gasteiger partial charge in [-0.25, -0.2) is 4.98 Å². The predicted octanol–water partition coefficient (Wildman–Crippen LogP) is 2.97. The third-order valence-electron chi connectivity index (χ3n) is 4.61. The van der Waals surface area contributed by atoms with Crippen molar-refractivity contribution in [3.05, 3.63) is 30.1 Å². The fourth-order valence-electron chi connectivity index (χ4n) is 3.53. The molecule has 0 spiro atoms. The molecule has 1 aliphatic rings. The largest absolute Gasteiger partial charge is 0.323 e. The van der Waals surface area contributed by atoms with Crippen LogP contribution < -0.4 is 5.32 Å². The Hall–Kier alpha value is -1.39. The highest BCUT2D eigenvalue weighted by atomic mass is 15.2. The summed E-state index contributed by atoms with van der Waals surface area (Å²) in [5.74, 6) is 1.23. The average molecular weight is 286 g/mol. The van der Waals surface area contributed by atoms with Crippen molar-refractivity contribution in [2.75, 3.05) is 27.2 Å². The Morgan fingerprint density at radius 1 is 1.29 bits per heavy atom. The normalized spacial score (nSPS) is 18.5. The fraction of sp³-hybridized carbons (Fsp3) is 0.588. The Kier molecular flexibility index (Phi) is 4.27. The molecule has 1 fully saturated rings. The molecule has 1 unspecified atom stereocenters. The van der Waals surface area contributed by atoms with E-state index in [2.05, 4.69) is 60.1 Å². The first-order valence-corrected chi connectivity index (χ1v) is 8.06. The highest BCUT2D eigenvalue weighted by Crippen LogP contribution is 2.32. The zero-order valence-corrected chi connectivity index (χ0v) is 13.3. The molecule has 4 heteroatoms. The summed E-state index contributed by atoms with van der Waals surface area (Å²) in [7, 11) is 4.31. The first kappa shape index (κ1) is 14.5. The number of imidazole rings is 1. The molecule has 1 aromatic heterocycles. The van der Waals surface area contributed by atoms with Crippen LogP contribution in [0.4, 0.5) is 0 Å². The van der Waals surface area contributed by atoms with Crippen molar-refractivity contribution in [3.63, 3.8) is 0 Å². The van der Waals surface area contributed by atoms with E-state index in [0.717, 1.165) is 25.0 Å². The standard InChI is InChI=1S/C17H26N4/c1-4-15(20(2)3)17-19-14-7-5-6-8-16(14)21(17)13-9-11-18-12-10-13/h5-8,13,15,18H,4,9-12H2,1-3H3. The highest BCUT2D eigenvalue weighted by molar-refractivity contribution is 5.76. The SMILES string of the molecule is CCC(c1nc2ccccc2n1C1CCNCC1)N(C)C. The number of aromatic nitrogens is 2. The van der Waals surface area contributed by atoms with Crippen LogP contribution in [0.15, 0.2) is 24.3 Å². The van der Waals surface area contributed by atoms with Gasteiger partial charge < -0.3 is 9.88 Å². The summed E-state index contributed by atoms with van der Waals surface area (Å²) in [6.45, 7) is 4.46. The van der Waals surface area contributed by atoms with E-state index in [-0.39, 0.29) is 0 Å². The Morgan fingerprint density at radius 2 is 2.00 bits per heavy atom. The van der Waals surface area contributed by atoms with Crippen molar-refractivity contribution in [2.45, 2.75) is 38.3 Å². The maximum atomic E-state index is 4.98. The third kappa shape index (κ3) is 2.70. The minimum absolute atomic E-state index is 0.382. The number of rotatable bonds is 4. The van der Waals surface area contributed by atoms with E-state index in [1.165, 1.54) is 24.2 Å². The van der Waals surface area contributed by atoms with Gasteiger partial charge in [-0.15, -0.1) is 0 Å². The molecule has 0 aliphatic carbocycles. The maximum Gasteiger partial charge on any atom is 0.127 e. The van der Waals surface area contributed by atoms with E-state index >= 15 is 0 Å². The Bertz CT molecular complexity index is 596. The molecule has 1 N–H and O–H groups in total. The van der Waals surface area contributed by atoms with Gasteiger partial charge >= 0.3 is 0 Å². The van der Waals surface area contributed by atoms with Crippen LogP contribution in [0.5, 0.6) is 0 Å². The second-order valence-electron chi connectivity index (χ2n) is 6.20. The van der Waals surface area contributed by atoms with Crippen LogP contribution in [0.2, 0.25) is 0 Å². The minimum Gasteiger partial charge on any atom is -0.323 e. The van der Waals surface area contributed by atoms with Crippen LogP contribution >= 0.6 is 0 Å². The zero-order valence-electron chi connectivity index (χ0n) is 13.3. The van der Waals surface area contributed by atoms with Gasteiger partial charge in [-0.2, -0.15) is 0 Å². The van der Waals surface area contributed by atoms with Crippen molar-refractivity contribution in [1.82, 2.24) is 19.8 Å². The summed E-state index contributed by atoms with van der Waals surface area (Å²) in [5, 5.41) is 3.47. The van der Waals surface area contributed by atoms with E-state index in [0.29, 0.717) is 12.1 Å². The quantitative estimate of drug-likeness (QED) is 0.938. The van der Waals surface area contributed by atoms with Gasteiger partial charge in [0.25, 0.3) is 0 Å². The molecule has 0 bridgehead atoms. The molecule has 0 radical (unpaired) electrons. The lowest BCUT2D eigenvalue weighted by atomic mass is 10.0. The summed E-state index contributed by atoms with van der Waals surface area (Å²) in [6.07, 6.45) is 3.47. The van der Waals surface area contributed by atoms with Gasteiger partial charge in [0, 0.05) is 6.04 Å². The molecule has 0 saturated carbocycles. The van der Waals surface area contributed by atoms with Crippen LogP contribution in [-0.2, 0) is 0 Å². The summed E-state index contributed by atoms with van der Waals surface area (Å²) in [6, 6.07) is 9.52. The Labute approximate surface area is 127 Å². The van der Waals surface area contributed by atoms with E-state index in [4.69, 9.17) is 4.98 Å². The van der Waals surface area contributed by atoms with Crippen LogP contribution in [0.3, 0.4) is 0 Å². The molecular weight excluding hydrogens is 260 g/mol. The summed E-state index contributed by atoms with van der Waals surface area (Å²) < 4.78 is 2.52. The molecule has 0 amide bonds. The lowest BCUT2D eigenvalue weighted by molar-refractivity contribution is 0.260. The topological polar surface area (TPSA) is 33.1 Å². The molecule has 1 aromatic carbocycles. The minimum atomic E-state index is 0.382. The number of nitrogens with one attached hydrogen (secondary N) is 1. The molecule has 114 valence electrons. The zero-order chi connectivity index (χ0) is 14.8. The molecule has 4 nitrogen and oxygen atoms in total. The van der Waals surface area contributed by atoms with E-state index in [9.17, 15) is 0 Å². The maximum absolute atomic E-state index is 4.98. The second kappa shape index (κ2) is 6.16. The van der Waals surface area contributed by atoms with Crippen molar-refractivity contribution in [3.8, 4) is 0 Å². The predicted molar refractivity (Wildman–Crippen MR) is 87.6 cm³/mol. The number of piperidine rings is 1. The highest BCUT2D eigenvalue weighted by Gasteiger charge is 2.25. The molecule has 2 aromatic rings. The van der Waals surface area contributed by atoms with Crippen molar-refractivity contribution in [2.24, 2.45) is 0 Å². The van der Waals surface area contributed by atoms with Gasteiger partial charge in [-0.1, -0.05) is 19.1 Å². The molecule has 1 atom stereocenters. The van der Waals surface area contributed by atoms with Crippen LogP contribution in [0.25, 0.3) is 11.0 Å². The van der Waals surface area contributed by atoms with E-state index in [1.54, 1.807) is 0 Å². The molecule has 3 rings (SSSR count). The van der Waals surface area contributed by atoms with Crippen LogP contribution in [0, 0.1) is 0 Å². The number of hydrogen-bond donors (Lipinski definition) is 1. The average Bonchev–Trinajstić information content (AvgIpc) is 2.87. The van der Waals surface area contributed by atoms with Gasteiger partial charge in [-0.3, -0.25) is 4.90 Å². The lowest BCUT2D eigenvalue weighted by Gasteiger charge is -2.30. The van der Waals surface area contributed by atoms with Crippen LogP contribution in [0.1, 0.15) is 44.1 Å². The van der Waals surface area contributed by atoms with Gasteiger partial charge in [0.2, 0.25) is 0 Å². The van der Waals surface area contributed by atoms with E-state index in [1.807, 2.05) is 0 Å². The summed E-state index contributed by atoms with van der Waals surface area (Å²) in [5.41, 5.74) is 2.42. The first-order valence-electron chi connectivity index (χ1n) is 8.06. The number of benzene rings is 1. The fourth-order valence-corrected chi connectivity index (χ4v) is 3.53. The van der Waals surface area contributed by atoms with Crippen LogP contribution in [-0.4, -0.2) is 41.6 Å². The molecule has 2 heterocycles. The van der Waals surface area contributed by atoms with Gasteiger partial charge in [-0.05, 0) is 58.6 Å². The monoisotopic (exact) mass is 286 g/mol. The number of nitrogens with zero attached hydrogens (tertiary/aromatic N) is 3. The van der Waals surface area contributed by atoms with Crippen molar-refractivity contribution < 1.29 is 0 Å². The Balaban J connectivity index is 2.13. The van der Waals surface area contributed by atoms with Gasteiger partial charge in [0.05, 0.1) is 17.1 Å². The first-order chi connectivity index (χ1) is 10.2. The molecule has 1 saturated heterocycles. The number of hydrogen-bond acceptors (Lipinski definition) is 3. The lowest BCUT2D eigenvalue weighted by Crippen LogP contribution is -2.31. The van der Waals surface area contributed by atoms with Gasteiger partial charge in [0.15, 0.2) is 0 Å². The van der Waals surface area contributed by atoms with Crippen molar-refractivity contribution in [1.29, 1.82) is 0 Å². The van der Waals surface area contributed by atoms with Crippen molar-refractivity contribution >= 4 is 11.0 Å². The van der Waals surface area contributed by atoms with Gasteiger partial charge in [0.1, 0.15) is 5.82 Å².